The Bertz CT molecular complexity index is 808. The first-order valence-corrected chi connectivity index (χ1v) is 8.94. The fourth-order valence-corrected chi connectivity index (χ4v) is 3.68. The van der Waals surface area contributed by atoms with Gasteiger partial charge in [0.2, 0.25) is 0 Å². The molecular weight excluding hydrogens is 300 g/mol. The highest BCUT2D eigenvalue weighted by molar-refractivity contribution is 6.22. The summed E-state index contributed by atoms with van der Waals surface area (Å²) in [6.07, 6.45) is 6.65. The van der Waals surface area contributed by atoms with E-state index >= 15 is 0 Å². The molecule has 1 amide bonds. The smallest absolute Gasteiger partial charge is 0.280 e. The molecule has 1 aromatic heterocycles. The molecular formula is C19H22N4O. The normalized spacial score (nSPS) is 20.1. The van der Waals surface area contributed by atoms with E-state index in [0.717, 1.165) is 36.1 Å². The van der Waals surface area contributed by atoms with Gasteiger partial charge in [-0.3, -0.25) is 14.7 Å². The molecule has 2 heterocycles. The summed E-state index contributed by atoms with van der Waals surface area (Å²) in [5, 5.41) is 0. The monoisotopic (exact) mass is 322 g/mol. The lowest BCUT2D eigenvalue weighted by Gasteiger charge is -2.30. The zero-order valence-electron chi connectivity index (χ0n) is 14.0. The average Bonchev–Trinajstić information content (AvgIpc) is 2.90. The number of para-hydroxylation sites is 2. The van der Waals surface area contributed by atoms with Crippen molar-refractivity contribution in [2.45, 2.75) is 51.5 Å². The lowest BCUT2D eigenvalue weighted by Crippen LogP contribution is -2.41. The molecule has 5 nitrogen and oxygen atoms in total. The summed E-state index contributed by atoms with van der Waals surface area (Å²) in [5.41, 5.74) is 2.72. The molecule has 0 atom stereocenters. The second-order valence-electron chi connectivity index (χ2n) is 6.58. The largest absolute Gasteiger partial charge is 0.287 e. The molecule has 1 aliphatic heterocycles. The van der Waals surface area contributed by atoms with Crippen LogP contribution in [-0.4, -0.2) is 39.2 Å². The number of hydrogen-bond donors (Lipinski definition) is 0. The lowest BCUT2D eigenvalue weighted by atomic mass is 9.94. The van der Waals surface area contributed by atoms with Crippen LogP contribution in [-0.2, 0) is 0 Å². The molecule has 0 N–H and O–H groups in total. The molecule has 124 valence electrons. The maximum atomic E-state index is 13.1. The first-order valence-electron chi connectivity index (χ1n) is 8.94. The van der Waals surface area contributed by atoms with Crippen LogP contribution in [0.25, 0.3) is 11.0 Å². The third-order valence-electron chi connectivity index (χ3n) is 4.86. The molecule has 24 heavy (non-hydrogen) atoms. The standard InChI is InChI=1S/C19H22N4O/c1-2-12-20-18-16-17(22-15-11-7-6-10-14(15)21-16)19(24)23(18)13-8-4-3-5-9-13/h6-7,10-11,13H,2-5,8-9,12H2,1H3. The third kappa shape index (κ3) is 2.48. The highest BCUT2D eigenvalue weighted by Gasteiger charge is 2.41. The van der Waals surface area contributed by atoms with E-state index in [1.54, 1.807) is 0 Å². The van der Waals surface area contributed by atoms with Gasteiger partial charge in [0, 0.05) is 12.6 Å². The van der Waals surface area contributed by atoms with E-state index < -0.39 is 0 Å². The minimum Gasteiger partial charge on any atom is -0.287 e. The summed E-state index contributed by atoms with van der Waals surface area (Å²) in [7, 11) is 0. The predicted octanol–water partition coefficient (Wildman–Crippen LogP) is 3.57. The minimum absolute atomic E-state index is 0.0231. The number of fused-ring (bicyclic) bond motifs is 2. The number of hydrogen-bond acceptors (Lipinski definition) is 4. The first kappa shape index (κ1) is 15.2. The van der Waals surface area contributed by atoms with Gasteiger partial charge in [-0.25, -0.2) is 9.97 Å². The van der Waals surface area contributed by atoms with Gasteiger partial charge >= 0.3 is 0 Å². The summed E-state index contributed by atoms with van der Waals surface area (Å²) < 4.78 is 0. The molecule has 4 rings (SSSR count). The van der Waals surface area contributed by atoms with Gasteiger partial charge < -0.3 is 0 Å². The highest BCUT2D eigenvalue weighted by atomic mass is 16.2. The summed E-state index contributed by atoms with van der Waals surface area (Å²) in [6.45, 7) is 2.80. The van der Waals surface area contributed by atoms with Crippen LogP contribution in [0.15, 0.2) is 29.3 Å². The Hall–Kier alpha value is -2.30. The molecule has 0 bridgehead atoms. The molecule has 0 radical (unpaired) electrons. The van der Waals surface area contributed by atoms with Gasteiger partial charge in [-0.2, -0.15) is 0 Å². The van der Waals surface area contributed by atoms with E-state index in [1.807, 2.05) is 29.2 Å². The summed E-state index contributed by atoms with van der Waals surface area (Å²) in [5.74, 6) is 0.715. The van der Waals surface area contributed by atoms with Crippen molar-refractivity contribution in [1.82, 2.24) is 14.9 Å². The number of aromatic nitrogens is 2. The Morgan fingerprint density at radius 2 is 1.75 bits per heavy atom. The van der Waals surface area contributed by atoms with Crippen molar-refractivity contribution in [1.29, 1.82) is 0 Å². The van der Waals surface area contributed by atoms with Crippen molar-refractivity contribution in [3.05, 3.63) is 35.7 Å². The van der Waals surface area contributed by atoms with Crippen molar-refractivity contribution in [3.8, 4) is 0 Å². The summed E-state index contributed by atoms with van der Waals surface area (Å²) in [6, 6.07) is 7.95. The van der Waals surface area contributed by atoms with Crippen molar-refractivity contribution in [2.75, 3.05) is 6.54 Å². The quantitative estimate of drug-likeness (QED) is 0.868. The van der Waals surface area contributed by atoms with E-state index in [2.05, 4.69) is 11.9 Å². The maximum Gasteiger partial charge on any atom is 0.280 e. The molecule has 2 aliphatic rings. The summed E-state index contributed by atoms with van der Waals surface area (Å²) >= 11 is 0. The fraction of sp³-hybridized carbons (Fsp3) is 0.474. The molecule has 1 aromatic carbocycles. The Labute approximate surface area is 141 Å². The number of rotatable bonds is 3. The molecule has 0 spiro atoms. The molecule has 1 fully saturated rings. The topological polar surface area (TPSA) is 58.5 Å². The predicted molar refractivity (Wildman–Crippen MR) is 94.3 cm³/mol. The van der Waals surface area contributed by atoms with Crippen LogP contribution < -0.4 is 0 Å². The fourth-order valence-electron chi connectivity index (χ4n) is 3.68. The average molecular weight is 322 g/mol. The molecule has 0 saturated heterocycles. The van der Waals surface area contributed by atoms with E-state index in [0.29, 0.717) is 17.9 Å². The van der Waals surface area contributed by atoms with Gasteiger partial charge in [0.05, 0.1) is 11.0 Å². The van der Waals surface area contributed by atoms with Gasteiger partial charge in [0.25, 0.3) is 5.91 Å². The van der Waals surface area contributed by atoms with E-state index in [4.69, 9.17) is 9.98 Å². The Balaban J connectivity index is 1.83. The first-order chi connectivity index (χ1) is 11.8. The van der Waals surface area contributed by atoms with Crippen LogP contribution in [0, 0.1) is 0 Å². The van der Waals surface area contributed by atoms with E-state index in [1.165, 1.54) is 19.3 Å². The van der Waals surface area contributed by atoms with Crippen molar-refractivity contribution < 1.29 is 4.79 Å². The van der Waals surface area contributed by atoms with Crippen LogP contribution in [0.1, 0.15) is 61.6 Å². The number of amidine groups is 1. The number of carbonyl (C=O) groups excluding carboxylic acids is 1. The number of amides is 1. The van der Waals surface area contributed by atoms with Gasteiger partial charge in [0.15, 0.2) is 11.5 Å². The van der Waals surface area contributed by atoms with Gasteiger partial charge in [-0.05, 0) is 31.4 Å². The number of benzene rings is 1. The molecule has 0 unspecified atom stereocenters. The van der Waals surface area contributed by atoms with Crippen LogP contribution >= 0.6 is 0 Å². The highest BCUT2D eigenvalue weighted by Crippen LogP contribution is 2.31. The Morgan fingerprint density at radius 1 is 1.08 bits per heavy atom. The summed E-state index contributed by atoms with van der Waals surface area (Å²) in [4.78, 5) is 29.0. The zero-order valence-corrected chi connectivity index (χ0v) is 14.0. The minimum atomic E-state index is -0.0231. The molecule has 5 heteroatoms. The number of nitrogens with zero attached hydrogens (tertiary/aromatic N) is 4. The van der Waals surface area contributed by atoms with Gasteiger partial charge in [0.1, 0.15) is 5.69 Å². The van der Waals surface area contributed by atoms with E-state index in [9.17, 15) is 4.79 Å². The molecule has 1 aliphatic carbocycles. The second-order valence-corrected chi connectivity index (χ2v) is 6.58. The van der Waals surface area contributed by atoms with Crippen LogP contribution in [0.3, 0.4) is 0 Å². The van der Waals surface area contributed by atoms with E-state index in [-0.39, 0.29) is 11.9 Å². The SMILES string of the molecule is CCCN=C1c2nc3ccccc3nc2C(=O)N1C1CCCCC1. The Morgan fingerprint density at radius 3 is 2.42 bits per heavy atom. The zero-order chi connectivity index (χ0) is 16.5. The number of carbonyl (C=O) groups is 1. The van der Waals surface area contributed by atoms with Crippen LogP contribution in [0.5, 0.6) is 0 Å². The van der Waals surface area contributed by atoms with Crippen LogP contribution in [0.2, 0.25) is 0 Å². The van der Waals surface area contributed by atoms with Gasteiger partial charge in [-0.1, -0.05) is 38.3 Å². The molecule has 2 aromatic rings. The van der Waals surface area contributed by atoms with Crippen molar-refractivity contribution in [2.24, 2.45) is 4.99 Å². The van der Waals surface area contributed by atoms with Crippen molar-refractivity contribution >= 4 is 22.8 Å². The molecule has 1 saturated carbocycles. The lowest BCUT2D eigenvalue weighted by molar-refractivity contribution is 0.0787. The second kappa shape index (κ2) is 6.30. The van der Waals surface area contributed by atoms with Crippen LogP contribution in [0.4, 0.5) is 0 Å². The maximum absolute atomic E-state index is 13.1. The third-order valence-corrected chi connectivity index (χ3v) is 4.86. The Kier molecular flexibility index (Phi) is 4.00. The number of aliphatic imine (C=N–C) groups is 1. The van der Waals surface area contributed by atoms with Crippen molar-refractivity contribution in [3.63, 3.8) is 0 Å². The van der Waals surface area contributed by atoms with Gasteiger partial charge in [-0.15, -0.1) is 0 Å².